The Bertz CT molecular complexity index is 387. The van der Waals surface area contributed by atoms with Crippen molar-refractivity contribution in [3.63, 3.8) is 0 Å². The van der Waals surface area contributed by atoms with Gasteiger partial charge >= 0.3 is 0 Å². The zero-order valence-electron chi connectivity index (χ0n) is 12.8. The van der Waals surface area contributed by atoms with E-state index in [1.54, 1.807) is 0 Å². The van der Waals surface area contributed by atoms with Crippen LogP contribution in [0.1, 0.15) is 40.2 Å². The first-order valence-electron chi connectivity index (χ1n) is 7.00. The second kappa shape index (κ2) is 8.06. The minimum absolute atomic E-state index is 0.301. The Kier molecular flexibility index (Phi) is 7.09. The third kappa shape index (κ3) is 5.66. The molecule has 0 spiro atoms. The predicted octanol–water partition coefficient (Wildman–Crippen LogP) is 5.95. The molecule has 0 radical (unpaired) electrons. The van der Waals surface area contributed by atoms with Crippen LogP contribution in [0.4, 0.5) is 0 Å². The summed E-state index contributed by atoms with van der Waals surface area (Å²) in [7, 11) is 0. The van der Waals surface area contributed by atoms with Gasteiger partial charge in [-0.1, -0.05) is 71.0 Å². The lowest BCUT2D eigenvalue weighted by Crippen LogP contribution is -2.21. The zero-order chi connectivity index (χ0) is 14.3. The largest absolute Gasteiger partial charge is 0.154 e. The molecule has 0 heterocycles. The monoisotopic (exact) mass is 294 g/mol. The minimum Gasteiger partial charge on any atom is -0.154 e. The molecule has 106 valence electrons. The van der Waals surface area contributed by atoms with Crippen molar-refractivity contribution in [1.29, 1.82) is 0 Å². The van der Waals surface area contributed by atoms with Crippen LogP contribution in [0.2, 0.25) is 0 Å². The molecule has 0 bridgehead atoms. The number of benzene rings is 1. The van der Waals surface area contributed by atoms with Crippen LogP contribution in [-0.4, -0.2) is 16.8 Å². The van der Waals surface area contributed by atoms with Gasteiger partial charge in [-0.05, 0) is 22.5 Å². The third-order valence-corrected chi connectivity index (χ3v) is 5.37. The number of thioether (sulfide) groups is 2. The molecule has 1 rings (SSSR count). The summed E-state index contributed by atoms with van der Waals surface area (Å²) >= 11 is 3.99. The highest BCUT2D eigenvalue weighted by atomic mass is 32.2. The summed E-state index contributed by atoms with van der Waals surface area (Å²) in [5, 5.41) is 0.562. The standard InChI is InChI=1S/C17H26S2/c1-6-18-15(14-11-9-8-10-12-14)13-16(19-7-2)17(3,4)5/h8-13,16H,6-7H2,1-5H3/b15-13+. The van der Waals surface area contributed by atoms with Gasteiger partial charge in [-0.25, -0.2) is 0 Å². The van der Waals surface area contributed by atoms with E-state index in [4.69, 9.17) is 0 Å². The molecule has 0 amide bonds. The maximum Gasteiger partial charge on any atom is 0.0289 e. The molecule has 0 aliphatic heterocycles. The van der Waals surface area contributed by atoms with Crippen molar-refractivity contribution in [2.24, 2.45) is 5.41 Å². The van der Waals surface area contributed by atoms with Gasteiger partial charge < -0.3 is 0 Å². The number of rotatable bonds is 6. The molecule has 0 aromatic heterocycles. The van der Waals surface area contributed by atoms with E-state index in [0.717, 1.165) is 11.5 Å². The molecule has 0 aliphatic rings. The first-order chi connectivity index (χ1) is 8.99. The van der Waals surface area contributed by atoms with Crippen LogP contribution in [0.3, 0.4) is 0 Å². The van der Waals surface area contributed by atoms with E-state index in [0.29, 0.717) is 10.7 Å². The molecule has 0 saturated heterocycles. The Morgan fingerprint density at radius 3 is 2.21 bits per heavy atom. The lowest BCUT2D eigenvalue weighted by molar-refractivity contribution is 0.433. The summed E-state index contributed by atoms with van der Waals surface area (Å²) in [6.45, 7) is 11.5. The van der Waals surface area contributed by atoms with Crippen LogP contribution in [0.5, 0.6) is 0 Å². The summed E-state index contributed by atoms with van der Waals surface area (Å²) in [5.74, 6) is 2.28. The van der Waals surface area contributed by atoms with Gasteiger partial charge in [-0.2, -0.15) is 11.8 Å². The second-order valence-corrected chi connectivity index (χ2v) is 8.30. The highest BCUT2D eigenvalue weighted by Crippen LogP contribution is 2.36. The van der Waals surface area contributed by atoms with Gasteiger partial charge in [-0.3, -0.25) is 0 Å². The molecule has 1 unspecified atom stereocenters. The number of hydrogen-bond acceptors (Lipinski definition) is 2. The first-order valence-corrected chi connectivity index (χ1v) is 9.04. The van der Waals surface area contributed by atoms with Gasteiger partial charge in [0.1, 0.15) is 0 Å². The molecule has 0 N–H and O–H groups in total. The van der Waals surface area contributed by atoms with Gasteiger partial charge in [-0.15, -0.1) is 11.8 Å². The van der Waals surface area contributed by atoms with Crippen LogP contribution < -0.4 is 0 Å². The maximum absolute atomic E-state index is 2.47. The van der Waals surface area contributed by atoms with E-state index in [1.807, 2.05) is 23.5 Å². The Morgan fingerprint density at radius 1 is 1.11 bits per heavy atom. The van der Waals surface area contributed by atoms with Crippen molar-refractivity contribution in [1.82, 2.24) is 0 Å². The molecular weight excluding hydrogens is 268 g/mol. The van der Waals surface area contributed by atoms with Crippen LogP contribution >= 0.6 is 23.5 Å². The van der Waals surface area contributed by atoms with Crippen molar-refractivity contribution in [3.8, 4) is 0 Å². The second-order valence-electron chi connectivity index (χ2n) is 5.57. The quantitative estimate of drug-likeness (QED) is 0.636. The van der Waals surface area contributed by atoms with Crippen LogP contribution in [0.15, 0.2) is 36.4 Å². The summed E-state index contributed by atoms with van der Waals surface area (Å²) in [6.07, 6.45) is 2.47. The summed E-state index contributed by atoms with van der Waals surface area (Å²) in [4.78, 5) is 1.42. The summed E-state index contributed by atoms with van der Waals surface area (Å²) in [5.41, 5.74) is 1.65. The minimum atomic E-state index is 0.301. The van der Waals surface area contributed by atoms with Crippen molar-refractivity contribution < 1.29 is 0 Å². The molecule has 0 saturated carbocycles. The Hall–Kier alpha value is -0.340. The van der Waals surface area contributed by atoms with E-state index in [2.05, 4.69) is 71.0 Å². The average molecular weight is 295 g/mol. The van der Waals surface area contributed by atoms with Crippen molar-refractivity contribution in [3.05, 3.63) is 42.0 Å². The Balaban J connectivity index is 3.05. The molecule has 1 aromatic carbocycles. The summed E-state index contributed by atoms with van der Waals surface area (Å²) in [6, 6.07) is 10.8. The molecule has 2 heteroatoms. The van der Waals surface area contributed by atoms with Crippen LogP contribution in [0, 0.1) is 5.41 Å². The fourth-order valence-electron chi connectivity index (χ4n) is 1.85. The van der Waals surface area contributed by atoms with Gasteiger partial charge in [0, 0.05) is 10.2 Å². The van der Waals surface area contributed by atoms with E-state index >= 15 is 0 Å². The molecule has 0 nitrogen and oxygen atoms in total. The smallest absolute Gasteiger partial charge is 0.0289 e. The van der Waals surface area contributed by atoms with E-state index < -0.39 is 0 Å². The molecule has 1 atom stereocenters. The Morgan fingerprint density at radius 2 is 1.74 bits per heavy atom. The van der Waals surface area contributed by atoms with Crippen molar-refractivity contribution in [2.45, 2.75) is 39.9 Å². The molecular formula is C17H26S2. The van der Waals surface area contributed by atoms with Crippen LogP contribution in [0.25, 0.3) is 4.91 Å². The average Bonchev–Trinajstić information content (AvgIpc) is 2.37. The van der Waals surface area contributed by atoms with E-state index in [-0.39, 0.29) is 0 Å². The van der Waals surface area contributed by atoms with Crippen molar-refractivity contribution >= 4 is 28.4 Å². The molecule has 1 aromatic rings. The third-order valence-electron chi connectivity index (χ3n) is 2.86. The molecule has 0 aliphatic carbocycles. The van der Waals surface area contributed by atoms with Crippen molar-refractivity contribution in [2.75, 3.05) is 11.5 Å². The molecule has 0 fully saturated rings. The maximum atomic E-state index is 2.47. The van der Waals surface area contributed by atoms with E-state index in [9.17, 15) is 0 Å². The van der Waals surface area contributed by atoms with Crippen LogP contribution in [-0.2, 0) is 0 Å². The highest BCUT2D eigenvalue weighted by molar-refractivity contribution is 8.08. The van der Waals surface area contributed by atoms with Gasteiger partial charge in [0.25, 0.3) is 0 Å². The highest BCUT2D eigenvalue weighted by Gasteiger charge is 2.23. The lowest BCUT2D eigenvalue weighted by Gasteiger charge is -2.28. The SMILES string of the molecule is CCS/C(=C/C(SCC)C(C)(C)C)c1ccccc1. The number of hydrogen-bond donors (Lipinski definition) is 0. The zero-order valence-corrected chi connectivity index (χ0v) is 14.4. The fraction of sp³-hybridized carbons (Fsp3) is 0.529. The normalized spacial score (nSPS) is 14.5. The van der Waals surface area contributed by atoms with E-state index in [1.165, 1.54) is 10.5 Å². The molecule has 19 heavy (non-hydrogen) atoms. The van der Waals surface area contributed by atoms with Gasteiger partial charge in [0.15, 0.2) is 0 Å². The fourth-order valence-corrected chi connectivity index (χ4v) is 3.87. The lowest BCUT2D eigenvalue weighted by atomic mass is 9.91. The predicted molar refractivity (Wildman–Crippen MR) is 93.9 cm³/mol. The van der Waals surface area contributed by atoms with Gasteiger partial charge in [0.2, 0.25) is 0 Å². The Labute approximate surface area is 127 Å². The van der Waals surface area contributed by atoms with Gasteiger partial charge in [0.05, 0.1) is 0 Å². The first kappa shape index (κ1) is 16.7. The summed E-state index contributed by atoms with van der Waals surface area (Å²) < 4.78 is 0. The topological polar surface area (TPSA) is 0 Å².